The molecule has 0 aliphatic heterocycles. The van der Waals surface area contributed by atoms with Crippen LogP contribution in [-0.2, 0) is 6.42 Å². The van der Waals surface area contributed by atoms with Crippen LogP contribution in [0.25, 0.3) is 28.1 Å². The highest BCUT2D eigenvalue weighted by Gasteiger charge is 2.33. The molecule has 1 N–H and O–H groups in total. The van der Waals surface area contributed by atoms with Crippen molar-refractivity contribution in [3.8, 4) is 28.1 Å². The summed E-state index contributed by atoms with van der Waals surface area (Å²) in [5.41, 5.74) is 8.84. The second kappa shape index (κ2) is 10.8. The van der Waals surface area contributed by atoms with E-state index in [4.69, 9.17) is 24.0 Å². The predicted octanol–water partition coefficient (Wildman–Crippen LogP) is 2.01. The van der Waals surface area contributed by atoms with E-state index in [-0.39, 0.29) is 0 Å². The summed E-state index contributed by atoms with van der Waals surface area (Å²) < 4.78 is 37.3. The van der Waals surface area contributed by atoms with Crippen LogP contribution in [0.5, 0.6) is 0 Å². The fraction of sp³-hybridized carbons (Fsp3) is 0.111. The van der Waals surface area contributed by atoms with Crippen molar-refractivity contribution in [3.05, 3.63) is 107 Å². The van der Waals surface area contributed by atoms with Gasteiger partial charge in [0.15, 0.2) is 0 Å². The number of hydrogen-bond donors (Lipinski definition) is 1. The first-order chi connectivity index (χ1) is 16.7. The number of nitrogens with one attached hydrogen (secondary N) is 1. The summed E-state index contributed by atoms with van der Waals surface area (Å²) in [5, 5.41) is 8.89. The molecule has 0 saturated carbocycles. The molecule has 0 spiro atoms. The van der Waals surface area contributed by atoms with Crippen molar-refractivity contribution in [2.24, 2.45) is 0 Å². The van der Waals surface area contributed by atoms with Crippen LogP contribution in [-0.4, -0.2) is 5.71 Å². The maximum atomic E-state index is 8.89. The van der Waals surface area contributed by atoms with Crippen LogP contribution in [0.2, 0.25) is 0 Å². The van der Waals surface area contributed by atoms with Crippen molar-refractivity contribution in [1.82, 2.24) is 0 Å². The third kappa shape index (κ3) is 6.21. The third-order valence-electron chi connectivity index (χ3n) is 5.74. The maximum Gasteiger partial charge on any atom is 0.236 e. The Morgan fingerprint density at radius 2 is 1.29 bits per heavy atom. The molecule has 1 heterocycles. The first-order valence-electron chi connectivity index (χ1n) is 10.9. The Morgan fingerprint density at radius 1 is 0.743 bits per heavy atom. The number of benzene rings is 3. The van der Waals surface area contributed by atoms with Gasteiger partial charge in [0, 0.05) is 33.8 Å². The summed E-state index contributed by atoms with van der Waals surface area (Å²) in [7, 11) is -4.94. The SMILES string of the molecule is N=C1CCCc2c(-c3ccccc3)cc(-c3ccccc3)[n+](-c3ccc(Br)cc3)c21.[O-][Cl+3]([O-])([O-])[O-]. The minimum atomic E-state index is -4.94. The van der Waals surface area contributed by atoms with Gasteiger partial charge in [-0.1, -0.05) is 64.5 Å². The van der Waals surface area contributed by atoms with E-state index in [1.54, 1.807) is 0 Å². The van der Waals surface area contributed by atoms with Crippen LogP contribution in [0.15, 0.2) is 95.5 Å². The van der Waals surface area contributed by atoms with Gasteiger partial charge in [0.05, 0.1) is 0 Å². The highest BCUT2D eigenvalue weighted by Crippen LogP contribution is 2.34. The highest BCUT2D eigenvalue weighted by molar-refractivity contribution is 9.10. The van der Waals surface area contributed by atoms with Crippen LogP contribution in [0.4, 0.5) is 0 Å². The lowest BCUT2D eigenvalue weighted by molar-refractivity contribution is -2.00. The third-order valence-corrected chi connectivity index (χ3v) is 6.26. The number of hydrogen-bond acceptors (Lipinski definition) is 5. The summed E-state index contributed by atoms with van der Waals surface area (Å²) in [6.07, 6.45) is 2.83. The molecule has 8 heteroatoms. The smallest absolute Gasteiger partial charge is 0.236 e. The molecule has 0 fully saturated rings. The van der Waals surface area contributed by atoms with Crippen LogP contribution in [0, 0.1) is 15.7 Å². The van der Waals surface area contributed by atoms with Crippen molar-refractivity contribution in [3.63, 3.8) is 0 Å². The van der Waals surface area contributed by atoms with E-state index in [0.717, 1.165) is 46.4 Å². The molecule has 0 atom stereocenters. The van der Waals surface area contributed by atoms with Crippen LogP contribution < -0.4 is 23.2 Å². The Hall–Kier alpha value is -2.91. The summed E-state index contributed by atoms with van der Waals surface area (Å²) >= 11 is 3.56. The molecule has 1 aromatic heterocycles. The second-order valence-electron chi connectivity index (χ2n) is 8.02. The molecule has 1 aliphatic carbocycles. The number of rotatable bonds is 3. The first-order valence-corrected chi connectivity index (χ1v) is 12.9. The largest absolute Gasteiger partial charge is 0.299 e. The van der Waals surface area contributed by atoms with E-state index in [9.17, 15) is 0 Å². The van der Waals surface area contributed by atoms with E-state index >= 15 is 0 Å². The van der Waals surface area contributed by atoms with Gasteiger partial charge in [-0.3, -0.25) is 5.41 Å². The molecule has 35 heavy (non-hydrogen) atoms. The number of halogens is 2. The van der Waals surface area contributed by atoms with Crippen molar-refractivity contribution in [1.29, 1.82) is 5.41 Å². The molecule has 0 amide bonds. The quantitative estimate of drug-likeness (QED) is 0.390. The summed E-state index contributed by atoms with van der Waals surface area (Å²) in [4.78, 5) is 0. The maximum absolute atomic E-state index is 8.89. The van der Waals surface area contributed by atoms with Gasteiger partial charge in [0.2, 0.25) is 17.1 Å². The van der Waals surface area contributed by atoms with E-state index in [2.05, 4.69) is 105 Å². The van der Waals surface area contributed by atoms with Crippen molar-refractivity contribution in [2.75, 3.05) is 0 Å². The summed E-state index contributed by atoms with van der Waals surface area (Å²) in [6, 6.07) is 31.8. The van der Waals surface area contributed by atoms with Gasteiger partial charge in [-0.2, -0.15) is 4.57 Å². The van der Waals surface area contributed by atoms with Crippen molar-refractivity contribution < 1.29 is 33.4 Å². The standard InChI is InChI=1S/C27H22BrN2.ClHO4/c28-21-14-16-22(17-15-21)30-26(20-10-5-2-6-11-20)18-24(19-8-3-1-4-9-19)23-12-7-13-25(29)27(23)30;2-1(3,4)5/h1-6,8-11,14-18,29H,7,12-13H2;(H,2,3,4,5)/q+1;/p-1. The first kappa shape index (κ1) is 25.2. The minimum Gasteiger partial charge on any atom is -0.299 e. The average Bonchev–Trinajstić information content (AvgIpc) is 2.84. The molecule has 0 unspecified atom stereocenters. The van der Waals surface area contributed by atoms with Crippen molar-refractivity contribution in [2.45, 2.75) is 19.3 Å². The lowest BCUT2D eigenvalue weighted by atomic mass is 9.86. The molecule has 0 bridgehead atoms. The van der Waals surface area contributed by atoms with Gasteiger partial charge < -0.3 is 0 Å². The van der Waals surface area contributed by atoms with Crippen LogP contribution >= 0.6 is 15.9 Å². The zero-order valence-corrected chi connectivity index (χ0v) is 21.0. The van der Waals surface area contributed by atoms with Gasteiger partial charge in [0.25, 0.3) is 0 Å². The minimum absolute atomic E-state index is 0.717. The zero-order chi connectivity index (χ0) is 25.0. The Morgan fingerprint density at radius 3 is 1.86 bits per heavy atom. The van der Waals surface area contributed by atoms with Gasteiger partial charge in [-0.15, -0.1) is 10.2 Å². The number of fused-ring (bicyclic) bond motifs is 1. The molecule has 3 aromatic carbocycles. The van der Waals surface area contributed by atoms with Crippen LogP contribution in [0.1, 0.15) is 24.1 Å². The fourth-order valence-electron chi connectivity index (χ4n) is 4.36. The Bertz CT molecular complexity index is 1320. The predicted molar refractivity (Wildman–Crippen MR) is 126 cm³/mol. The molecule has 1 aliphatic rings. The number of nitrogens with zero attached hydrogens (tertiary/aromatic N) is 1. The topological polar surface area (TPSA) is 120 Å². The Labute approximate surface area is 214 Å². The van der Waals surface area contributed by atoms with Crippen LogP contribution in [0.3, 0.4) is 0 Å². The molecule has 178 valence electrons. The van der Waals surface area contributed by atoms with Gasteiger partial charge in [-0.05, 0) is 54.7 Å². The Kier molecular flexibility index (Phi) is 7.76. The molecule has 0 saturated heterocycles. The molecular weight excluding hydrogens is 532 g/mol. The summed E-state index contributed by atoms with van der Waals surface area (Å²) in [6.45, 7) is 0. The molecule has 5 rings (SSSR count). The van der Waals surface area contributed by atoms with E-state index in [1.807, 2.05) is 6.07 Å². The molecule has 0 radical (unpaired) electrons. The number of pyridine rings is 1. The lowest BCUT2D eigenvalue weighted by Crippen LogP contribution is -2.68. The molecule has 4 aromatic rings. The fourth-order valence-corrected chi connectivity index (χ4v) is 4.62. The van der Waals surface area contributed by atoms with Crippen molar-refractivity contribution >= 4 is 21.6 Å². The number of aromatic nitrogens is 1. The molecular formula is C27H22BrClN2O4. The average molecular weight is 554 g/mol. The highest BCUT2D eigenvalue weighted by atomic mass is 79.9. The normalized spacial score (nSPS) is 13.0. The van der Waals surface area contributed by atoms with E-state index < -0.39 is 10.2 Å². The monoisotopic (exact) mass is 552 g/mol. The zero-order valence-electron chi connectivity index (χ0n) is 18.6. The van der Waals surface area contributed by atoms with Gasteiger partial charge >= 0.3 is 0 Å². The van der Waals surface area contributed by atoms with Gasteiger partial charge in [-0.25, -0.2) is 18.6 Å². The van der Waals surface area contributed by atoms with E-state index in [1.165, 1.54) is 16.7 Å². The lowest BCUT2D eigenvalue weighted by Gasteiger charge is -2.21. The van der Waals surface area contributed by atoms with Gasteiger partial charge in [0.1, 0.15) is 5.71 Å². The molecule has 6 nitrogen and oxygen atoms in total. The Balaban J connectivity index is 0.000000527. The van der Waals surface area contributed by atoms with E-state index in [0.29, 0.717) is 5.71 Å². The summed E-state index contributed by atoms with van der Waals surface area (Å²) in [5.74, 6) is 0. The second-order valence-corrected chi connectivity index (χ2v) is 9.70.